The van der Waals surface area contributed by atoms with Crippen molar-refractivity contribution in [3.63, 3.8) is 0 Å². The van der Waals surface area contributed by atoms with E-state index in [2.05, 4.69) is 20.8 Å². The zero-order valence-electron chi connectivity index (χ0n) is 6.41. The fourth-order valence-electron chi connectivity index (χ4n) is 0.306. The Kier molecular flexibility index (Phi) is 13.5. The Labute approximate surface area is 84.1 Å². The Bertz CT molecular complexity index is 51.5. The van der Waals surface area contributed by atoms with E-state index >= 15 is 0 Å². The Morgan fingerprint density at radius 2 is 1.56 bits per heavy atom. The summed E-state index contributed by atoms with van der Waals surface area (Å²) in [6.45, 7) is 6.28. The molecule has 52 valence electrons. The van der Waals surface area contributed by atoms with E-state index in [-0.39, 0.29) is 52.1 Å². The van der Waals surface area contributed by atoms with Crippen LogP contribution in [0.5, 0.6) is 0 Å². The van der Waals surface area contributed by atoms with Gasteiger partial charge in [-0.15, -0.1) is 6.61 Å². The Morgan fingerprint density at radius 3 is 1.56 bits per heavy atom. The van der Waals surface area contributed by atoms with Crippen LogP contribution in [-0.2, 0) is 0 Å². The van der Waals surface area contributed by atoms with E-state index in [1.165, 1.54) is 0 Å². The zero-order valence-corrected chi connectivity index (χ0v) is 9.41. The van der Waals surface area contributed by atoms with Crippen molar-refractivity contribution in [1.29, 1.82) is 0 Å². The fourth-order valence-corrected chi connectivity index (χ4v) is 0.306. The number of halogens is 1. The largest absolute Gasteiger partial charge is 2.00 e. The molecule has 0 radical (unpaired) electrons. The summed E-state index contributed by atoms with van der Waals surface area (Å²) in [7, 11) is 0. The Balaban J connectivity index is -0.000000180. The molecule has 0 aromatic carbocycles. The molecular weight excluding hydrogens is 192 g/mol. The van der Waals surface area contributed by atoms with Gasteiger partial charge in [-0.05, 0) is 5.41 Å². The molecule has 0 unspecified atom stereocenters. The van der Waals surface area contributed by atoms with Gasteiger partial charge in [0.2, 0.25) is 0 Å². The van der Waals surface area contributed by atoms with E-state index < -0.39 is 0 Å². The van der Waals surface area contributed by atoms with Gasteiger partial charge in [0.15, 0.2) is 0 Å². The molecule has 0 saturated carbocycles. The minimum atomic E-state index is 0. The minimum absolute atomic E-state index is 0. The molecule has 1 nitrogen and oxygen atoms in total. The van der Waals surface area contributed by atoms with Crippen molar-refractivity contribution < 1.29 is 22.1 Å². The first-order valence-electron chi connectivity index (χ1n) is 2.64. The summed E-state index contributed by atoms with van der Waals surface area (Å²) in [5.74, 6) is 0. The van der Waals surface area contributed by atoms with E-state index in [0.29, 0.717) is 0 Å². The molecule has 0 heterocycles. The second-order valence-corrected chi connectivity index (χ2v) is 3.01. The molecule has 0 amide bonds. The van der Waals surface area contributed by atoms with Gasteiger partial charge < -0.3 is 22.1 Å². The van der Waals surface area contributed by atoms with Gasteiger partial charge in [-0.25, -0.2) is 0 Å². The summed E-state index contributed by atoms with van der Waals surface area (Å²) < 4.78 is 0. The monoisotopic (exact) mass is 204 g/mol. The quantitative estimate of drug-likeness (QED) is 0.431. The topological polar surface area (TPSA) is 23.1 Å². The predicted octanol–water partition coefficient (Wildman–Crippen LogP) is -2.59. The van der Waals surface area contributed by atoms with E-state index in [0.717, 1.165) is 6.42 Å². The van der Waals surface area contributed by atoms with Crippen molar-refractivity contribution in [1.82, 2.24) is 0 Å². The standard InChI is InChI=1S/C6H13O.BrH.Mg/c1-6(2,3)4-5-7;;/h4-5H2,1-3H3;1H;/q-1;;+2/p-1. The van der Waals surface area contributed by atoms with Crippen LogP contribution in [0.15, 0.2) is 0 Å². The van der Waals surface area contributed by atoms with Crippen molar-refractivity contribution in [2.75, 3.05) is 6.61 Å². The molecule has 0 aliphatic rings. The first-order chi connectivity index (χ1) is 3.06. The van der Waals surface area contributed by atoms with Gasteiger partial charge >= 0.3 is 23.1 Å². The predicted molar refractivity (Wildman–Crippen MR) is 34.7 cm³/mol. The van der Waals surface area contributed by atoms with E-state index in [4.69, 9.17) is 0 Å². The molecule has 0 bridgehead atoms. The van der Waals surface area contributed by atoms with Gasteiger partial charge in [-0.1, -0.05) is 27.2 Å². The molecule has 0 aliphatic carbocycles. The SMILES string of the molecule is CC(C)(C)CC[O-].[Br-].[Mg+2]. The molecule has 9 heavy (non-hydrogen) atoms. The van der Waals surface area contributed by atoms with Crippen LogP contribution in [-0.4, -0.2) is 29.7 Å². The molecule has 0 aliphatic heterocycles. The maximum absolute atomic E-state index is 9.95. The van der Waals surface area contributed by atoms with E-state index in [1.807, 2.05) is 0 Å². The molecule has 3 heteroatoms. The van der Waals surface area contributed by atoms with Crippen LogP contribution >= 0.6 is 0 Å². The molecule has 0 aromatic heterocycles. The molecule has 0 atom stereocenters. The van der Waals surface area contributed by atoms with Crippen LogP contribution in [0, 0.1) is 5.41 Å². The molecule has 0 aromatic rings. The summed E-state index contributed by atoms with van der Waals surface area (Å²) in [4.78, 5) is 0. The third-order valence-corrected chi connectivity index (χ3v) is 0.852. The minimum Gasteiger partial charge on any atom is -1.00 e. The van der Waals surface area contributed by atoms with Crippen molar-refractivity contribution >= 4 is 23.1 Å². The average Bonchev–Trinajstić information content (AvgIpc) is 1.30. The van der Waals surface area contributed by atoms with Gasteiger partial charge in [-0.3, -0.25) is 0 Å². The van der Waals surface area contributed by atoms with Gasteiger partial charge in [0.1, 0.15) is 0 Å². The summed E-state index contributed by atoms with van der Waals surface area (Å²) in [6, 6.07) is 0. The normalized spacial score (nSPS) is 9.33. The third kappa shape index (κ3) is 17.6. The number of rotatable bonds is 1. The van der Waals surface area contributed by atoms with Crippen LogP contribution in [0.2, 0.25) is 0 Å². The van der Waals surface area contributed by atoms with Crippen molar-refractivity contribution in [3.8, 4) is 0 Å². The summed E-state index contributed by atoms with van der Waals surface area (Å²) in [6.07, 6.45) is 0.785. The van der Waals surface area contributed by atoms with Crippen LogP contribution in [0.4, 0.5) is 0 Å². The maximum atomic E-state index is 9.95. The van der Waals surface area contributed by atoms with Crippen molar-refractivity contribution in [3.05, 3.63) is 0 Å². The average molecular weight is 205 g/mol. The molecule has 0 fully saturated rings. The van der Waals surface area contributed by atoms with Gasteiger partial charge in [0, 0.05) is 0 Å². The molecule has 0 saturated heterocycles. The van der Waals surface area contributed by atoms with Crippen molar-refractivity contribution in [2.45, 2.75) is 27.2 Å². The first-order valence-corrected chi connectivity index (χ1v) is 2.64. The van der Waals surface area contributed by atoms with Crippen LogP contribution < -0.4 is 22.1 Å². The number of hydrogen-bond donors (Lipinski definition) is 0. The zero-order chi connectivity index (χ0) is 5.91. The molecule has 0 rings (SSSR count). The van der Waals surface area contributed by atoms with Gasteiger partial charge in [0.25, 0.3) is 0 Å². The fraction of sp³-hybridized carbons (Fsp3) is 1.00. The molecule has 0 N–H and O–H groups in total. The Hall–Kier alpha value is 1.21. The van der Waals surface area contributed by atoms with Crippen LogP contribution in [0.25, 0.3) is 0 Å². The molecule has 0 spiro atoms. The number of hydrogen-bond acceptors (Lipinski definition) is 1. The Morgan fingerprint density at radius 1 is 1.22 bits per heavy atom. The maximum Gasteiger partial charge on any atom is 2.00 e. The van der Waals surface area contributed by atoms with Gasteiger partial charge in [0.05, 0.1) is 0 Å². The van der Waals surface area contributed by atoms with Crippen LogP contribution in [0.1, 0.15) is 27.2 Å². The second kappa shape index (κ2) is 7.31. The summed E-state index contributed by atoms with van der Waals surface area (Å²) >= 11 is 0. The smallest absolute Gasteiger partial charge is 1.00 e. The van der Waals surface area contributed by atoms with E-state index in [9.17, 15) is 5.11 Å². The van der Waals surface area contributed by atoms with E-state index in [1.54, 1.807) is 0 Å². The summed E-state index contributed by atoms with van der Waals surface area (Å²) in [5.41, 5.74) is 0.238. The third-order valence-electron chi connectivity index (χ3n) is 0.852. The van der Waals surface area contributed by atoms with Crippen molar-refractivity contribution in [2.24, 2.45) is 5.41 Å². The molecular formula is C6H13BrMgO. The second-order valence-electron chi connectivity index (χ2n) is 3.01. The van der Waals surface area contributed by atoms with Crippen LogP contribution in [0.3, 0.4) is 0 Å². The van der Waals surface area contributed by atoms with Gasteiger partial charge in [-0.2, -0.15) is 0 Å². The summed E-state index contributed by atoms with van der Waals surface area (Å²) in [5, 5.41) is 9.95. The first kappa shape index (κ1) is 16.7.